The maximum absolute atomic E-state index is 11.6. The first-order valence-corrected chi connectivity index (χ1v) is 4.44. The van der Waals surface area contributed by atoms with Gasteiger partial charge in [0.05, 0.1) is 0 Å². The lowest BCUT2D eigenvalue weighted by atomic mass is 10.2. The van der Waals surface area contributed by atoms with E-state index >= 15 is 0 Å². The molecular weight excluding hydrogens is 164 g/mol. The second-order valence-electron chi connectivity index (χ2n) is 3.32. The standard InChI is InChI=1S/C10H16N2O/c1-4-9(2)10(13)12-7-5-11(3)6-8-12/h4H,1-2,5-8H2,3H3. The van der Waals surface area contributed by atoms with Gasteiger partial charge in [-0.25, -0.2) is 0 Å². The molecule has 0 atom stereocenters. The van der Waals surface area contributed by atoms with Crippen LogP contribution in [0.2, 0.25) is 0 Å². The van der Waals surface area contributed by atoms with Crippen molar-refractivity contribution in [1.29, 1.82) is 0 Å². The van der Waals surface area contributed by atoms with E-state index in [-0.39, 0.29) is 5.91 Å². The van der Waals surface area contributed by atoms with Crippen LogP contribution in [0.3, 0.4) is 0 Å². The Morgan fingerprint density at radius 2 is 1.85 bits per heavy atom. The van der Waals surface area contributed by atoms with Crippen LogP contribution in [0.4, 0.5) is 0 Å². The van der Waals surface area contributed by atoms with Crippen LogP contribution < -0.4 is 0 Å². The highest BCUT2D eigenvalue weighted by Crippen LogP contribution is 2.04. The Kier molecular flexibility index (Phi) is 3.25. The molecule has 0 aliphatic carbocycles. The molecule has 1 fully saturated rings. The van der Waals surface area contributed by atoms with E-state index in [4.69, 9.17) is 0 Å². The van der Waals surface area contributed by atoms with Crippen molar-refractivity contribution in [3.8, 4) is 0 Å². The van der Waals surface area contributed by atoms with Gasteiger partial charge < -0.3 is 9.80 Å². The number of amides is 1. The molecule has 0 saturated carbocycles. The Morgan fingerprint density at radius 3 is 2.31 bits per heavy atom. The molecular formula is C10H16N2O. The summed E-state index contributed by atoms with van der Waals surface area (Å²) in [4.78, 5) is 15.6. The van der Waals surface area contributed by atoms with E-state index in [0.717, 1.165) is 26.2 Å². The number of hydrogen-bond donors (Lipinski definition) is 0. The van der Waals surface area contributed by atoms with E-state index in [2.05, 4.69) is 25.1 Å². The zero-order chi connectivity index (χ0) is 9.84. The van der Waals surface area contributed by atoms with E-state index in [1.807, 2.05) is 4.90 Å². The van der Waals surface area contributed by atoms with Gasteiger partial charge in [-0.05, 0) is 7.05 Å². The summed E-state index contributed by atoms with van der Waals surface area (Å²) in [5, 5.41) is 0. The Morgan fingerprint density at radius 1 is 1.31 bits per heavy atom. The lowest BCUT2D eigenvalue weighted by Crippen LogP contribution is -2.47. The van der Waals surface area contributed by atoms with Crippen LogP contribution in [-0.4, -0.2) is 48.9 Å². The summed E-state index contributed by atoms with van der Waals surface area (Å²) in [5.41, 5.74) is 0.490. The summed E-state index contributed by atoms with van der Waals surface area (Å²) in [5.74, 6) is 0.0168. The van der Waals surface area contributed by atoms with Crippen LogP contribution in [0.1, 0.15) is 0 Å². The van der Waals surface area contributed by atoms with Gasteiger partial charge in [-0.2, -0.15) is 0 Å². The molecule has 0 bridgehead atoms. The molecule has 1 aliphatic heterocycles. The van der Waals surface area contributed by atoms with Crippen LogP contribution in [0.25, 0.3) is 0 Å². The summed E-state index contributed by atoms with van der Waals surface area (Å²) in [7, 11) is 2.06. The molecule has 0 N–H and O–H groups in total. The molecule has 1 amide bonds. The third-order valence-electron chi connectivity index (χ3n) is 2.31. The highest BCUT2D eigenvalue weighted by atomic mass is 16.2. The third-order valence-corrected chi connectivity index (χ3v) is 2.31. The second-order valence-corrected chi connectivity index (χ2v) is 3.32. The molecule has 1 rings (SSSR count). The summed E-state index contributed by atoms with van der Waals surface area (Å²) in [6.07, 6.45) is 1.51. The third kappa shape index (κ3) is 2.42. The minimum Gasteiger partial charge on any atom is -0.336 e. The van der Waals surface area contributed by atoms with Crippen LogP contribution >= 0.6 is 0 Å². The maximum Gasteiger partial charge on any atom is 0.253 e. The van der Waals surface area contributed by atoms with Crippen molar-refractivity contribution in [2.75, 3.05) is 33.2 Å². The van der Waals surface area contributed by atoms with E-state index in [0.29, 0.717) is 5.57 Å². The number of carbonyl (C=O) groups is 1. The lowest BCUT2D eigenvalue weighted by molar-refractivity contribution is -0.128. The first-order valence-electron chi connectivity index (χ1n) is 4.44. The smallest absolute Gasteiger partial charge is 0.253 e. The van der Waals surface area contributed by atoms with Crippen molar-refractivity contribution in [1.82, 2.24) is 9.80 Å². The number of carbonyl (C=O) groups excluding carboxylic acids is 1. The van der Waals surface area contributed by atoms with Crippen molar-refractivity contribution in [2.24, 2.45) is 0 Å². The van der Waals surface area contributed by atoms with Gasteiger partial charge in [0.15, 0.2) is 0 Å². The molecule has 1 heterocycles. The average molecular weight is 180 g/mol. The van der Waals surface area contributed by atoms with Gasteiger partial charge >= 0.3 is 0 Å². The van der Waals surface area contributed by atoms with Crippen molar-refractivity contribution in [3.05, 3.63) is 24.8 Å². The minimum absolute atomic E-state index is 0.0168. The first-order chi connectivity index (χ1) is 6.15. The van der Waals surface area contributed by atoms with E-state index < -0.39 is 0 Å². The Balaban J connectivity index is 2.49. The number of likely N-dealkylation sites (N-methyl/N-ethyl adjacent to an activating group) is 1. The van der Waals surface area contributed by atoms with Gasteiger partial charge in [0, 0.05) is 31.8 Å². The Hall–Kier alpha value is -1.09. The lowest BCUT2D eigenvalue weighted by Gasteiger charge is -2.32. The van der Waals surface area contributed by atoms with Crippen molar-refractivity contribution >= 4 is 5.91 Å². The average Bonchev–Trinajstić information content (AvgIpc) is 2.17. The fourth-order valence-electron chi connectivity index (χ4n) is 1.30. The molecule has 3 heteroatoms. The van der Waals surface area contributed by atoms with Gasteiger partial charge in [0.25, 0.3) is 5.91 Å². The molecule has 0 aromatic carbocycles. The van der Waals surface area contributed by atoms with Gasteiger partial charge in [0.2, 0.25) is 0 Å². The molecule has 0 radical (unpaired) electrons. The highest BCUT2D eigenvalue weighted by Gasteiger charge is 2.19. The zero-order valence-electron chi connectivity index (χ0n) is 8.12. The van der Waals surface area contributed by atoms with Crippen molar-refractivity contribution in [2.45, 2.75) is 0 Å². The molecule has 1 aliphatic rings. The van der Waals surface area contributed by atoms with E-state index in [1.54, 1.807) is 0 Å². The fourth-order valence-corrected chi connectivity index (χ4v) is 1.30. The topological polar surface area (TPSA) is 23.6 Å². The SMILES string of the molecule is C=CC(=C)C(=O)N1CCN(C)CC1. The summed E-state index contributed by atoms with van der Waals surface area (Å²) in [6, 6.07) is 0. The molecule has 3 nitrogen and oxygen atoms in total. The molecule has 1 saturated heterocycles. The highest BCUT2D eigenvalue weighted by molar-refractivity contribution is 5.95. The molecule has 0 aromatic heterocycles. The number of rotatable bonds is 2. The van der Waals surface area contributed by atoms with E-state index in [9.17, 15) is 4.79 Å². The summed E-state index contributed by atoms with van der Waals surface area (Å²) < 4.78 is 0. The monoisotopic (exact) mass is 180 g/mol. The predicted octanol–water partition coefficient (Wildman–Crippen LogP) is 0.503. The zero-order valence-corrected chi connectivity index (χ0v) is 8.12. The van der Waals surface area contributed by atoms with Gasteiger partial charge in [-0.15, -0.1) is 0 Å². The largest absolute Gasteiger partial charge is 0.336 e. The molecule has 0 unspecified atom stereocenters. The summed E-state index contributed by atoms with van der Waals surface area (Å²) in [6.45, 7) is 10.6. The van der Waals surface area contributed by atoms with Crippen LogP contribution in [0.5, 0.6) is 0 Å². The van der Waals surface area contributed by atoms with Crippen LogP contribution in [0, 0.1) is 0 Å². The maximum atomic E-state index is 11.6. The van der Waals surface area contributed by atoms with Crippen molar-refractivity contribution in [3.63, 3.8) is 0 Å². The quantitative estimate of drug-likeness (QED) is 0.456. The second kappa shape index (κ2) is 4.23. The molecule has 0 aromatic rings. The minimum atomic E-state index is 0.0168. The first kappa shape index (κ1) is 9.99. The van der Waals surface area contributed by atoms with Gasteiger partial charge in [-0.3, -0.25) is 4.79 Å². The Labute approximate surface area is 79.3 Å². The normalized spacial score (nSPS) is 18.4. The van der Waals surface area contributed by atoms with Crippen molar-refractivity contribution < 1.29 is 4.79 Å². The van der Waals surface area contributed by atoms with Gasteiger partial charge in [-0.1, -0.05) is 19.2 Å². The summed E-state index contributed by atoms with van der Waals surface area (Å²) >= 11 is 0. The Bertz CT molecular complexity index is 227. The number of piperazine rings is 1. The fraction of sp³-hybridized carbons (Fsp3) is 0.500. The van der Waals surface area contributed by atoms with Crippen LogP contribution in [0.15, 0.2) is 24.8 Å². The predicted molar refractivity (Wildman–Crippen MR) is 53.4 cm³/mol. The van der Waals surface area contributed by atoms with Gasteiger partial charge in [0.1, 0.15) is 0 Å². The molecule has 13 heavy (non-hydrogen) atoms. The van der Waals surface area contributed by atoms with Crippen LogP contribution in [-0.2, 0) is 4.79 Å². The number of nitrogens with zero attached hydrogens (tertiary/aromatic N) is 2. The number of hydrogen-bond acceptors (Lipinski definition) is 2. The molecule has 72 valence electrons. The van der Waals surface area contributed by atoms with E-state index in [1.165, 1.54) is 6.08 Å². The molecule has 0 spiro atoms.